The Kier molecular flexibility index (Phi) is 3.34. The van der Waals surface area contributed by atoms with Crippen molar-refractivity contribution in [2.24, 2.45) is 0 Å². The smallest absolute Gasteiger partial charge is 0.288 e. The van der Waals surface area contributed by atoms with E-state index in [0.29, 0.717) is 0 Å². The Labute approximate surface area is 53.8 Å². The molecule has 56 valence electrons. The highest BCUT2D eigenvalue weighted by Gasteiger charge is 2.28. The van der Waals surface area contributed by atoms with Crippen LogP contribution in [-0.4, -0.2) is 18.5 Å². The van der Waals surface area contributed by atoms with Crippen molar-refractivity contribution < 1.29 is 13.3 Å². The Balaban J connectivity index is 4.11. The summed E-state index contributed by atoms with van der Waals surface area (Å²) in [7, 11) is -3.09. The molecule has 0 radical (unpaired) electrons. The molecule has 0 atom stereocenters. The third kappa shape index (κ3) is 2.05. The third-order valence-electron chi connectivity index (χ3n) is 1.43. The molecule has 0 aliphatic rings. The molecule has 0 N–H and O–H groups in total. The van der Waals surface area contributed by atoms with Crippen molar-refractivity contribution in [3.8, 4) is 0 Å². The minimum absolute atomic E-state index is 0.112. The van der Waals surface area contributed by atoms with Gasteiger partial charge in [0.2, 0.25) is 0 Å². The highest BCUT2D eigenvalue weighted by Crippen LogP contribution is 2.51. The predicted molar refractivity (Wildman–Crippen MR) is 34.7 cm³/mol. The molecule has 0 fully saturated rings. The fraction of sp³-hybridized carbons (Fsp3) is 1.00. The number of hydrogen-bond acceptors (Lipinski definition) is 1. The molecular formula is C5H11F2OP. The van der Waals surface area contributed by atoms with Gasteiger partial charge in [0.15, 0.2) is 7.14 Å². The van der Waals surface area contributed by atoms with Crippen LogP contribution in [0.3, 0.4) is 0 Å². The van der Waals surface area contributed by atoms with Crippen LogP contribution in [0.2, 0.25) is 0 Å². The topological polar surface area (TPSA) is 17.1 Å². The summed E-state index contributed by atoms with van der Waals surface area (Å²) >= 11 is 0. The van der Waals surface area contributed by atoms with Gasteiger partial charge in [0.25, 0.3) is 6.17 Å². The molecule has 0 spiro atoms. The molecule has 0 heterocycles. The van der Waals surface area contributed by atoms with Crippen LogP contribution in [-0.2, 0) is 4.57 Å². The predicted octanol–water partition coefficient (Wildman–Crippen LogP) is 2.61. The van der Waals surface area contributed by atoms with Crippen LogP contribution in [0.25, 0.3) is 0 Å². The van der Waals surface area contributed by atoms with E-state index in [2.05, 4.69) is 0 Å². The van der Waals surface area contributed by atoms with Crippen molar-refractivity contribution in [3.05, 3.63) is 0 Å². The van der Waals surface area contributed by atoms with E-state index in [0.717, 1.165) is 0 Å². The molecular weight excluding hydrogens is 145 g/mol. The maximum absolute atomic E-state index is 11.8. The molecule has 0 aromatic heterocycles. The molecule has 4 heteroatoms. The summed E-state index contributed by atoms with van der Waals surface area (Å²) in [6, 6.07) is 0. The molecule has 0 aromatic carbocycles. The quantitative estimate of drug-likeness (QED) is 0.574. The molecule has 0 unspecified atom stereocenters. The normalized spacial score (nSPS) is 12.6. The Hall–Kier alpha value is 0.0900. The Morgan fingerprint density at radius 2 is 1.67 bits per heavy atom. The molecule has 0 amide bonds. The summed E-state index contributed by atoms with van der Waals surface area (Å²) in [5.41, 5.74) is 0. The lowest BCUT2D eigenvalue weighted by Gasteiger charge is -2.10. The molecule has 0 rings (SSSR count). The molecule has 1 nitrogen and oxygen atoms in total. The van der Waals surface area contributed by atoms with Crippen LogP contribution >= 0.6 is 7.14 Å². The third-order valence-corrected chi connectivity index (χ3v) is 4.28. The van der Waals surface area contributed by atoms with Gasteiger partial charge in [0.1, 0.15) is 0 Å². The van der Waals surface area contributed by atoms with Gasteiger partial charge in [-0.2, -0.15) is 0 Å². The zero-order chi connectivity index (χ0) is 7.49. The van der Waals surface area contributed by atoms with Gasteiger partial charge in [-0.05, 0) is 0 Å². The van der Waals surface area contributed by atoms with Crippen molar-refractivity contribution in [1.29, 1.82) is 0 Å². The molecule has 0 aromatic rings. The molecule has 0 aliphatic carbocycles. The van der Waals surface area contributed by atoms with E-state index >= 15 is 0 Å². The monoisotopic (exact) mass is 156 g/mol. The molecule has 9 heavy (non-hydrogen) atoms. The second kappa shape index (κ2) is 3.31. The molecule has 0 aliphatic heterocycles. The molecule has 0 saturated carbocycles. The van der Waals surface area contributed by atoms with Gasteiger partial charge in [-0.3, -0.25) is 0 Å². The van der Waals surface area contributed by atoms with Gasteiger partial charge >= 0.3 is 0 Å². The highest BCUT2D eigenvalue weighted by molar-refractivity contribution is 7.64. The maximum atomic E-state index is 11.8. The minimum Gasteiger partial charge on any atom is -0.318 e. The van der Waals surface area contributed by atoms with Crippen molar-refractivity contribution in [2.45, 2.75) is 20.0 Å². The zero-order valence-corrected chi connectivity index (χ0v) is 6.50. The second-order valence-electron chi connectivity index (χ2n) is 1.86. The van der Waals surface area contributed by atoms with E-state index in [4.69, 9.17) is 0 Å². The summed E-state index contributed by atoms with van der Waals surface area (Å²) in [6.07, 6.45) is -2.39. The standard InChI is InChI=1S/C5H11F2OP/c1-3-9(8,4-2)5(6)7/h5H,3-4H2,1-2H3. The van der Waals surface area contributed by atoms with E-state index < -0.39 is 13.3 Å². The second-order valence-corrected chi connectivity index (χ2v) is 5.42. The van der Waals surface area contributed by atoms with E-state index in [9.17, 15) is 13.3 Å². The van der Waals surface area contributed by atoms with E-state index in [1.807, 2.05) is 0 Å². The van der Waals surface area contributed by atoms with Crippen LogP contribution in [0.4, 0.5) is 8.78 Å². The molecule has 0 saturated heterocycles. The summed E-state index contributed by atoms with van der Waals surface area (Å²) in [5.74, 6) is 0. The SMILES string of the molecule is CCP(=O)(CC)C(F)F. The average Bonchev–Trinajstić information content (AvgIpc) is 1.86. The van der Waals surface area contributed by atoms with Crippen molar-refractivity contribution in [2.75, 3.05) is 12.3 Å². The summed E-state index contributed by atoms with van der Waals surface area (Å²) in [4.78, 5) is 0. The zero-order valence-electron chi connectivity index (χ0n) is 5.60. The van der Waals surface area contributed by atoms with Gasteiger partial charge in [-0.15, -0.1) is 0 Å². The first-order valence-corrected chi connectivity index (χ1v) is 5.07. The van der Waals surface area contributed by atoms with E-state index in [-0.39, 0.29) is 12.3 Å². The van der Waals surface area contributed by atoms with Gasteiger partial charge in [0.05, 0.1) is 0 Å². The van der Waals surface area contributed by atoms with Crippen LogP contribution in [0.15, 0.2) is 0 Å². The van der Waals surface area contributed by atoms with Gasteiger partial charge < -0.3 is 4.57 Å². The lowest BCUT2D eigenvalue weighted by molar-refractivity contribution is 0.233. The average molecular weight is 156 g/mol. The fourth-order valence-corrected chi connectivity index (χ4v) is 1.50. The van der Waals surface area contributed by atoms with Crippen LogP contribution in [0.1, 0.15) is 13.8 Å². The molecule has 0 bridgehead atoms. The van der Waals surface area contributed by atoms with Crippen LogP contribution < -0.4 is 0 Å². The van der Waals surface area contributed by atoms with Gasteiger partial charge in [-0.1, -0.05) is 13.8 Å². The summed E-state index contributed by atoms with van der Waals surface area (Å²) in [5, 5.41) is 0. The Morgan fingerprint density at radius 3 is 1.67 bits per heavy atom. The first-order valence-electron chi connectivity index (χ1n) is 2.92. The Morgan fingerprint density at radius 1 is 1.33 bits per heavy atom. The fourth-order valence-electron chi connectivity index (χ4n) is 0.500. The summed E-state index contributed by atoms with van der Waals surface area (Å²) in [6.45, 7) is 3.08. The largest absolute Gasteiger partial charge is 0.318 e. The lowest BCUT2D eigenvalue weighted by atomic mass is 11.0. The number of rotatable bonds is 3. The van der Waals surface area contributed by atoms with Crippen LogP contribution in [0, 0.1) is 0 Å². The highest BCUT2D eigenvalue weighted by atomic mass is 31.2. The van der Waals surface area contributed by atoms with Crippen molar-refractivity contribution in [1.82, 2.24) is 0 Å². The van der Waals surface area contributed by atoms with Crippen LogP contribution in [0.5, 0.6) is 0 Å². The van der Waals surface area contributed by atoms with Gasteiger partial charge in [-0.25, -0.2) is 8.78 Å². The van der Waals surface area contributed by atoms with E-state index in [1.165, 1.54) is 13.8 Å². The Bertz CT molecular complexity index is 116. The number of hydrogen-bond donors (Lipinski definition) is 0. The van der Waals surface area contributed by atoms with E-state index in [1.54, 1.807) is 0 Å². The van der Waals surface area contributed by atoms with Crippen molar-refractivity contribution in [3.63, 3.8) is 0 Å². The van der Waals surface area contributed by atoms with Crippen molar-refractivity contribution >= 4 is 7.14 Å². The first kappa shape index (κ1) is 9.09. The number of halogens is 2. The number of alkyl halides is 2. The summed E-state index contributed by atoms with van der Waals surface area (Å²) < 4.78 is 34.5. The maximum Gasteiger partial charge on any atom is 0.288 e. The van der Waals surface area contributed by atoms with Gasteiger partial charge in [0, 0.05) is 12.3 Å². The first-order chi connectivity index (χ1) is 4.06. The lowest BCUT2D eigenvalue weighted by Crippen LogP contribution is -1.98. The minimum atomic E-state index is -3.09.